The molecular weight excluding hydrogens is 444 g/mol. The van der Waals surface area contributed by atoms with Crippen molar-refractivity contribution >= 4 is 21.7 Å². The summed E-state index contributed by atoms with van der Waals surface area (Å²) in [5, 5.41) is 22.7. The van der Waals surface area contributed by atoms with Gasteiger partial charge in [0.2, 0.25) is 0 Å². The highest BCUT2D eigenvalue weighted by molar-refractivity contribution is 6.01. The number of ether oxygens (including phenoxy) is 2. The van der Waals surface area contributed by atoms with Gasteiger partial charge in [-0.15, -0.1) is 0 Å². The minimum atomic E-state index is -0.256. The molecule has 0 bridgehead atoms. The van der Waals surface area contributed by atoms with Crippen LogP contribution in [0.4, 0.5) is 0 Å². The molecule has 0 aliphatic heterocycles. The van der Waals surface area contributed by atoms with E-state index in [9.17, 15) is 15.0 Å². The van der Waals surface area contributed by atoms with Gasteiger partial charge in [0.05, 0.1) is 33.0 Å². The quantitative estimate of drug-likeness (QED) is 0.388. The summed E-state index contributed by atoms with van der Waals surface area (Å²) in [6, 6.07) is 18.3. The fourth-order valence-corrected chi connectivity index (χ4v) is 4.59. The lowest BCUT2D eigenvalue weighted by atomic mass is 9.90. The largest absolute Gasteiger partial charge is 0.493 e. The molecule has 7 nitrogen and oxygen atoms in total. The van der Waals surface area contributed by atoms with Crippen molar-refractivity contribution in [2.24, 2.45) is 0 Å². The van der Waals surface area contributed by atoms with Crippen LogP contribution in [-0.2, 0) is 13.2 Å². The zero-order valence-corrected chi connectivity index (χ0v) is 19.4. The molecule has 2 heterocycles. The fourth-order valence-electron chi connectivity index (χ4n) is 4.59. The van der Waals surface area contributed by atoms with Crippen molar-refractivity contribution in [3.63, 3.8) is 0 Å². The first-order valence-electron chi connectivity index (χ1n) is 11.1. The molecule has 0 amide bonds. The first-order chi connectivity index (χ1) is 17.1. The zero-order valence-electron chi connectivity index (χ0n) is 19.4. The Bertz CT molecular complexity index is 1620. The molecule has 0 atom stereocenters. The molecule has 0 aliphatic carbocycles. The van der Waals surface area contributed by atoms with E-state index >= 15 is 0 Å². The SMILES string of the molecule is COc1cc2cc(CO)c(CO)c(-c3ccnc(-n4ccc(=O)c5ccccc54)c3)c2cc1OC. The number of aliphatic hydroxyl groups excluding tert-OH is 2. The average molecular weight is 469 g/mol. The third-order valence-electron chi connectivity index (χ3n) is 6.26. The Morgan fingerprint density at radius 1 is 0.886 bits per heavy atom. The van der Waals surface area contributed by atoms with Gasteiger partial charge in [0.1, 0.15) is 5.82 Å². The predicted molar refractivity (Wildman–Crippen MR) is 135 cm³/mol. The molecule has 176 valence electrons. The Morgan fingerprint density at radius 2 is 1.66 bits per heavy atom. The summed E-state index contributed by atoms with van der Waals surface area (Å²) in [5.74, 6) is 1.75. The molecule has 7 heteroatoms. The summed E-state index contributed by atoms with van der Waals surface area (Å²) >= 11 is 0. The number of aromatic nitrogens is 2. The van der Waals surface area contributed by atoms with Crippen molar-refractivity contribution in [3.8, 4) is 28.4 Å². The second-order valence-corrected chi connectivity index (χ2v) is 8.10. The number of aliphatic hydroxyl groups is 2. The minimum absolute atomic E-state index is 0.0572. The number of para-hydroxylation sites is 1. The second kappa shape index (κ2) is 9.21. The Morgan fingerprint density at radius 3 is 2.40 bits per heavy atom. The molecule has 0 saturated carbocycles. The van der Waals surface area contributed by atoms with Crippen molar-refractivity contribution in [1.29, 1.82) is 0 Å². The number of hydrogen-bond donors (Lipinski definition) is 2. The second-order valence-electron chi connectivity index (χ2n) is 8.10. The maximum Gasteiger partial charge on any atom is 0.189 e. The van der Waals surface area contributed by atoms with E-state index in [1.54, 1.807) is 32.7 Å². The lowest BCUT2D eigenvalue weighted by Crippen LogP contribution is -2.07. The molecule has 5 rings (SSSR count). The van der Waals surface area contributed by atoms with E-state index in [2.05, 4.69) is 4.98 Å². The van der Waals surface area contributed by atoms with E-state index in [0.717, 1.165) is 27.4 Å². The van der Waals surface area contributed by atoms with Gasteiger partial charge in [-0.2, -0.15) is 0 Å². The third-order valence-corrected chi connectivity index (χ3v) is 6.26. The van der Waals surface area contributed by atoms with Crippen molar-refractivity contribution in [3.05, 3.63) is 94.4 Å². The molecule has 2 aromatic heterocycles. The van der Waals surface area contributed by atoms with Crippen molar-refractivity contribution in [2.75, 3.05) is 14.2 Å². The van der Waals surface area contributed by atoms with Gasteiger partial charge in [-0.1, -0.05) is 12.1 Å². The van der Waals surface area contributed by atoms with Crippen molar-refractivity contribution in [1.82, 2.24) is 9.55 Å². The molecule has 0 spiro atoms. The molecule has 35 heavy (non-hydrogen) atoms. The number of nitrogens with zero attached hydrogens (tertiary/aromatic N) is 2. The molecule has 0 aliphatic rings. The van der Waals surface area contributed by atoms with E-state index in [1.165, 1.54) is 6.07 Å². The zero-order chi connectivity index (χ0) is 24.5. The lowest BCUT2D eigenvalue weighted by molar-refractivity contribution is 0.260. The highest BCUT2D eigenvalue weighted by Crippen LogP contribution is 2.40. The normalized spacial score (nSPS) is 11.2. The Balaban J connectivity index is 1.81. The molecule has 2 N–H and O–H groups in total. The minimum Gasteiger partial charge on any atom is -0.493 e. The summed E-state index contributed by atoms with van der Waals surface area (Å²) < 4.78 is 12.9. The maximum atomic E-state index is 12.4. The van der Waals surface area contributed by atoms with Crippen LogP contribution < -0.4 is 14.9 Å². The molecule has 0 unspecified atom stereocenters. The van der Waals surface area contributed by atoms with Crippen LogP contribution in [0, 0.1) is 0 Å². The van der Waals surface area contributed by atoms with Crippen LogP contribution in [0.3, 0.4) is 0 Å². The van der Waals surface area contributed by atoms with Crippen LogP contribution in [0.15, 0.2) is 77.9 Å². The molecular formula is C28H24N2O5. The van der Waals surface area contributed by atoms with Gasteiger partial charge in [-0.05, 0) is 75.5 Å². The smallest absolute Gasteiger partial charge is 0.189 e. The van der Waals surface area contributed by atoms with E-state index in [0.29, 0.717) is 33.8 Å². The third kappa shape index (κ3) is 3.80. The summed E-state index contributed by atoms with van der Waals surface area (Å²) in [4.78, 5) is 16.9. The van der Waals surface area contributed by atoms with Crippen LogP contribution in [0.1, 0.15) is 11.1 Å². The first kappa shape index (κ1) is 22.6. The van der Waals surface area contributed by atoms with Gasteiger partial charge in [-0.3, -0.25) is 4.79 Å². The summed E-state index contributed by atoms with van der Waals surface area (Å²) in [7, 11) is 3.15. The molecule has 0 saturated heterocycles. The molecule has 0 radical (unpaired) electrons. The van der Waals surface area contributed by atoms with E-state index in [1.807, 2.05) is 53.1 Å². The Hall–Kier alpha value is -4.20. The summed E-state index contributed by atoms with van der Waals surface area (Å²) in [6.07, 6.45) is 3.40. The van der Waals surface area contributed by atoms with Crippen molar-refractivity contribution in [2.45, 2.75) is 13.2 Å². The standard InChI is InChI=1S/C28H24N2O5/c1-34-25-12-18-11-19(15-31)22(16-32)28(21(18)14-26(25)35-2)17-7-9-29-27(13-17)30-10-8-24(33)20-5-3-4-6-23(20)30/h3-14,31-32H,15-16H2,1-2H3. The highest BCUT2D eigenvalue weighted by Gasteiger charge is 2.18. The lowest BCUT2D eigenvalue weighted by Gasteiger charge is -2.19. The number of benzene rings is 3. The number of methoxy groups -OCH3 is 2. The summed E-state index contributed by atoms with van der Waals surface area (Å²) in [5.41, 5.74) is 3.49. The number of hydrogen-bond acceptors (Lipinski definition) is 6. The Labute approximate surface area is 201 Å². The number of fused-ring (bicyclic) bond motifs is 2. The molecule has 3 aromatic carbocycles. The molecule has 0 fully saturated rings. The molecule has 5 aromatic rings. The highest BCUT2D eigenvalue weighted by atomic mass is 16.5. The van der Waals surface area contributed by atoms with Crippen LogP contribution in [0.5, 0.6) is 11.5 Å². The summed E-state index contributed by atoms with van der Waals surface area (Å²) in [6.45, 7) is -0.483. The predicted octanol–water partition coefficient (Wildman–Crippen LogP) is 4.21. The topological polar surface area (TPSA) is 93.8 Å². The van der Waals surface area contributed by atoms with Crippen molar-refractivity contribution < 1.29 is 19.7 Å². The van der Waals surface area contributed by atoms with Gasteiger partial charge >= 0.3 is 0 Å². The van der Waals surface area contributed by atoms with Gasteiger partial charge < -0.3 is 24.3 Å². The van der Waals surface area contributed by atoms with E-state index < -0.39 is 0 Å². The Kier molecular flexibility index (Phi) is 5.94. The van der Waals surface area contributed by atoms with E-state index in [-0.39, 0.29) is 18.6 Å². The van der Waals surface area contributed by atoms with Gasteiger partial charge in [0.25, 0.3) is 0 Å². The number of rotatable bonds is 6. The van der Waals surface area contributed by atoms with Crippen LogP contribution >= 0.6 is 0 Å². The van der Waals surface area contributed by atoms with Gasteiger partial charge in [0.15, 0.2) is 16.9 Å². The fraction of sp³-hybridized carbons (Fsp3) is 0.143. The van der Waals surface area contributed by atoms with Gasteiger partial charge in [-0.25, -0.2) is 4.98 Å². The van der Waals surface area contributed by atoms with Crippen LogP contribution in [0.2, 0.25) is 0 Å². The maximum absolute atomic E-state index is 12.4. The van der Waals surface area contributed by atoms with Crippen LogP contribution in [-0.4, -0.2) is 34.0 Å². The van der Waals surface area contributed by atoms with Crippen LogP contribution in [0.25, 0.3) is 38.6 Å². The number of pyridine rings is 2. The van der Waals surface area contributed by atoms with Gasteiger partial charge in [0, 0.05) is 23.8 Å². The average Bonchev–Trinajstić information content (AvgIpc) is 2.91. The first-order valence-corrected chi connectivity index (χ1v) is 11.1. The van der Waals surface area contributed by atoms with E-state index in [4.69, 9.17) is 9.47 Å². The monoisotopic (exact) mass is 468 g/mol.